The van der Waals surface area contributed by atoms with E-state index in [9.17, 15) is 0 Å². The van der Waals surface area contributed by atoms with Gasteiger partial charge < -0.3 is 10.2 Å². The summed E-state index contributed by atoms with van der Waals surface area (Å²) < 4.78 is 0. The summed E-state index contributed by atoms with van der Waals surface area (Å²) >= 11 is 0. The maximum absolute atomic E-state index is 4.60. The van der Waals surface area contributed by atoms with Gasteiger partial charge in [-0.25, -0.2) is 5.32 Å². The Balaban J connectivity index is 1.60. The van der Waals surface area contributed by atoms with E-state index in [1.165, 1.54) is 38.9 Å². The SMILES string of the molecule is C1CCN(CCC2CNCC[N]2)C1. The molecule has 0 spiro atoms. The van der Waals surface area contributed by atoms with Crippen LogP contribution >= 0.6 is 0 Å². The van der Waals surface area contributed by atoms with Gasteiger partial charge in [0.25, 0.3) is 0 Å². The van der Waals surface area contributed by atoms with Crippen LogP contribution in [0.4, 0.5) is 0 Å². The molecule has 2 rings (SSSR count). The van der Waals surface area contributed by atoms with Gasteiger partial charge in [0.05, 0.1) is 0 Å². The molecule has 1 radical (unpaired) electrons. The molecule has 0 aromatic rings. The van der Waals surface area contributed by atoms with E-state index in [1.54, 1.807) is 0 Å². The maximum Gasteiger partial charge on any atom is 0.0383 e. The van der Waals surface area contributed by atoms with Gasteiger partial charge in [-0.05, 0) is 38.9 Å². The quantitative estimate of drug-likeness (QED) is 0.668. The Morgan fingerprint density at radius 1 is 1.31 bits per heavy atom. The summed E-state index contributed by atoms with van der Waals surface area (Å²) in [5.74, 6) is 0. The summed E-state index contributed by atoms with van der Waals surface area (Å²) in [5, 5.41) is 8.00. The smallest absolute Gasteiger partial charge is 0.0383 e. The summed E-state index contributed by atoms with van der Waals surface area (Å²) in [6, 6.07) is 0.592. The highest BCUT2D eigenvalue weighted by atomic mass is 15.1. The van der Waals surface area contributed by atoms with Gasteiger partial charge in [-0.1, -0.05) is 0 Å². The van der Waals surface area contributed by atoms with Gasteiger partial charge in [0.1, 0.15) is 0 Å². The second-order valence-corrected chi connectivity index (χ2v) is 4.10. The minimum atomic E-state index is 0.592. The van der Waals surface area contributed by atoms with Crippen molar-refractivity contribution >= 4 is 0 Å². The standard InChI is InChI=1S/C10H20N3/c1-2-7-13(6-1)8-3-10-9-11-4-5-12-10/h10-11H,1-9H2. The molecule has 1 N–H and O–H groups in total. The summed E-state index contributed by atoms with van der Waals surface area (Å²) in [7, 11) is 0. The molecule has 1 unspecified atom stereocenters. The van der Waals surface area contributed by atoms with Crippen molar-refractivity contribution in [3.05, 3.63) is 0 Å². The predicted octanol–water partition coefficient (Wildman–Crippen LogP) is 0.0485. The number of hydrogen-bond donors (Lipinski definition) is 1. The monoisotopic (exact) mass is 182 g/mol. The largest absolute Gasteiger partial charge is 0.314 e. The van der Waals surface area contributed by atoms with Crippen molar-refractivity contribution in [3.63, 3.8) is 0 Å². The number of nitrogens with one attached hydrogen (secondary N) is 1. The molecule has 3 heteroatoms. The molecule has 0 saturated carbocycles. The lowest BCUT2D eigenvalue weighted by Gasteiger charge is -2.24. The number of nitrogens with zero attached hydrogens (tertiary/aromatic N) is 2. The highest BCUT2D eigenvalue weighted by molar-refractivity contribution is 4.77. The fourth-order valence-corrected chi connectivity index (χ4v) is 2.19. The Morgan fingerprint density at radius 2 is 2.15 bits per heavy atom. The van der Waals surface area contributed by atoms with Crippen molar-refractivity contribution in [2.24, 2.45) is 0 Å². The lowest BCUT2D eigenvalue weighted by Crippen LogP contribution is -2.45. The first-order valence-electron chi connectivity index (χ1n) is 5.55. The first-order chi connectivity index (χ1) is 6.45. The van der Waals surface area contributed by atoms with Gasteiger partial charge in [-0.15, -0.1) is 0 Å². The summed E-state index contributed by atoms with van der Waals surface area (Å²) in [6.07, 6.45) is 4.06. The third-order valence-electron chi connectivity index (χ3n) is 3.03. The third kappa shape index (κ3) is 2.93. The van der Waals surface area contributed by atoms with E-state index in [-0.39, 0.29) is 0 Å². The Hall–Kier alpha value is -0.120. The second kappa shape index (κ2) is 4.94. The number of likely N-dealkylation sites (tertiary alicyclic amines) is 1. The van der Waals surface area contributed by atoms with Crippen LogP contribution in [0.25, 0.3) is 0 Å². The fourth-order valence-electron chi connectivity index (χ4n) is 2.19. The van der Waals surface area contributed by atoms with E-state index in [1.807, 2.05) is 0 Å². The average Bonchev–Trinajstić information content (AvgIpc) is 2.69. The Morgan fingerprint density at radius 3 is 2.85 bits per heavy atom. The van der Waals surface area contributed by atoms with E-state index in [0.29, 0.717) is 6.04 Å². The van der Waals surface area contributed by atoms with Crippen LogP contribution in [0.2, 0.25) is 0 Å². The first-order valence-corrected chi connectivity index (χ1v) is 5.55. The zero-order valence-electron chi connectivity index (χ0n) is 8.34. The second-order valence-electron chi connectivity index (χ2n) is 4.10. The van der Waals surface area contributed by atoms with Crippen molar-refractivity contribution in [1.29, 1.82) is 0 Å². The van der Waals surface area contributed by atoms with Crippen molar-refractivity contribution in [3.8, 4) is 0 Å². The Kier molecular flexibility index (Phi) is 3.58. The highest BCUT2D eigenvalue weighted by Gasteiger charge is 2.16. The zero-order chi connectivity index (χ0) is 8.93. The lowest BCUT2D eigenvalue weighted by atomic mass is 10.1. The van der Waals surface area contributed by atoms with Gasteiger partial charge in [0, 0.05) is 25.7 Å². The van der Waals surface area contributed by atoms with Crippen LogP contribution in [-0.4, -0.2) is 50.2 Å². The van der Waals surface area contributed by atoms with Gasteiger partial charge in [-0.3, -0.25) is 0 Å². The Labute approximate surface area is 80.9 Å². The van der Waals surface area contributed by atoms with E-state index >= 15 is 0 Å². The van der Waals surface area contributed by atoms with E-state index in [4.69, 9.17) is 0 Å². The molecule has 2 aliphatic rings. The Bertz CT molecular complexity index is 137. The summed E-state index contributed by atoms with van der Waals surface area (Å²) in [6.45, 7) is 7.11. The zero-order valence-corrected chi connectivity index (χ0v) is 8.34. The van der Waals surface area contributed by atoms with Crippen LogP contribution < -0.4 is 10.6 Å². The van der Waals surface area contributed by atoms with E-state index < -0.39 is 0 Å². The molecule has 1 atom stereocenters. The van der Waals surface area contributed by atoms with Gasteiger partial charge in [0.15, 0.2) is 0 Å². The van der Waals surface area contributed by atoms with Crippen molar-refractivity contribution < 1.29 is 0 Å². The van der Waals surface area contributed by atoms with Gasteiger partial charge in [0.2, 0.25) is 0 Å². The number of piperazine rings is 1. The molecule has 0 amide bonds. The molecule has 0 aliphatic carbocycles. The fraction of sp³-hybridized carbons (Fsp3) is 1.00. The van der Waals surface area contributed by atoms with Crippen LogP contribution in [0.3, 0.4) is 0 Å². The normalized spacial score (nSPS) is 30.9. The van der Waals surface area contributed by atoms with Crippen molar-refractivity contribution in [2.75, 3.05) is 39.3 Å². The lowest BCUT2D eigenvalue weighted by molar-refractivity contribution is 0.293. The van der Waals surface area contributed by atoms with Crippen LogP contribution in [0, 0.1) is 0 Å². The third-order valence-corrected chi connectivity index (χ3v) is 3.03. The predicted molar refractivity (Wildman–Crippen MR) is 53.9 cm³/mol. The minimum Gasteiger partial charge on any atom is -0.314 e. The highest BCUT2D eigenvalue weighted by Crippen LogP contribution is 2.08. The molecule has 13 heavy (non-hydrogen) atoms. The van der Waals surface area contributed by atoms with E-state index in [2.05, 4.69) is 15.5 Å². The van der Waals surface area contributed by atoms with E-state index in [0.717, 1.165) is 19.6 Å². The topological polar surface area (TPSA) is 29.4 Å². The molecule has 2 saturated heterocycles. The summed E-state index contributed by atoms with van der Waals surface area (Å²) in [5.41, 5.74) is 0. The molecule has 3 nitrogen and oxygen atoms in total. The molecule has 75 valence electrons. The van der Waals surface area contributed by atoms with Crippen LogP contribution in [0.5, 0.6) is 0 Å². The van der Waals surface area contributed by atoms with Crippen LogP contribution in [-0.2, 0) is 0 Å². The maximum atomic E-state index is 4.60. The van der Waals surface area contributed by atoms with Gasteiger partial charge >= 0.3 is 0 Å². The molecule has 2 fully saturated rings. The molecular formula is C10H20N3. The van der Waals surface area contributed by atoms with Crippen LogP contribution in [0.15, 0.2) is 0 Å². The van der Waals surface area contributed by atoms with Crippen LogP contribution in [0.1, 0.15) is 19.3 Å². The number of rotatable bonds is 3. The van der Waals surface area contributed by atoms with Crippen molar-refractivity contribution in [1.82, 2.24) is 15.5 Å². The van der Waals surface area contributed by atoms with Gasteiger partial charge in [-0.2, -0.15) is 0 Å². The average molecular weight is 182 g/mol. The number of hydrogen-bond acceptors (Lipinski definition) is 2. The molecule has 2 heterocycles. The minimum absolute atomic E-state index is 0.592. The molecule has 0 aromatic carbocycles. The first kappa shape index (κ1) is 9.44. The summed E-state index contributed by atoms with van der Waals surface area (Å²) in [4.78, 5) is 2.57. The molecule has 0 bridgehead atoms. The molecule has 2 aliphatic heterocycles. The van der Waals surface area contributed by atoms with Crippen molar-refractivity contribution in [2.45, 2.75) is 25.3 Å². The molecular weight excluding hydrogens is 162 g/mol. The molecule has 0 aromatic heterocycles.